The van der Waals surface area contributed by atoms with Crippen molar-refractivity contribution in [2.45, 2.75) is 25.8 Å². The standard InChI is InChI=1S/C19H21N3O4/c23-18-7-6-17(22(25)26)13-21(18)14-19(24)20-10-8-16(9-11-20)12-15-4-2-1-3-5-15/h1-7,13,16H,8-12,14H2. The molecule has 0 radical (unpaired) electrons. The van der Waals surface area contributed by atoms with Gasteiger partial charge in [-0.15, -0.1) is 0 Å². The number of piperidine rings is 1. The van der Waals surface area contributed by atoms with Gasteiger partial charge in [0.1, 0.15) is 6.54 Å². The summed E-state index contributed by atoms with van der Waals surface area (Å²) in [6.07, 6.45) is 3.98. The SMILES string of the molecule is O=C(Cn1cc([N+](=O)[O-])ccc1=O)N1CCC(Cc2ccccc2)CC1. The summed E-state index contributed by atoms with van der Waals surface area (Å²) < 4.78 is 1.11. The fourth-order valence-corrected chi connectivity index (χ4v) is 3.33. The van der Waals surface area contributed by atoms with Crippen LogP contribution in [-0.4, -0.2) is 33.4 Å². The van der Waals surface area contributed by atoms with Crippen LogP contribution in [0.3, 0.4) is 0 Å². The van der Waals surface area contributed by atoms with Crippen molar-refractivity contribution in [1.82, 2.24) is 9.47 Å². The second kappa shape index (κ2) is 7.95. The fraction of sp³-hybridized carbons (Fsp3) is 0.368. The molecule has 1 fully saturated rings. The van der Waals surface area contributed by atoms with E-state index < -0.39 is 10.5 Å². The van der Waals surface area contributed by atoms with Crippen LogP contribution in [0.2, 0.25) is 0 Å². The molecule has 0 N–H and O–H groups in total. The minimum absolute atomic E-state index is 0.163. The van der Waals surface area contributed by atoms with E-state index in [4.69, 9.17) is 0 Å². The van der Waals surface area contributed by atoms with Crippen molar-refractivity contribution in [3.05, 3.63) is 74.7 Å². The number of carbonyl (C=O) groups excluding carboxylic acids is 1. The Balaban J connectivity index is 1.56. The van der Waals surface area contributed by atoms with Crippen molar-refractivity contribution >= 4 is 11.6 Å². The van der Waals surface area contributed by atoms with Crippen molar-refractivity contribution < 1.29 is 9.72 Å². The number of pyridine rings is 1. The lowest BCUT2D eigenvalue weighted by Gasteiger charge is -2.32. The van der Waals surface area contributed by atoms with Gasteiger partial charge in [-0.05, 0) is 30.7 Å². The Bertz CT molecular complexity index is 839. The van der Waals surface area contributed by atoms with Crippen LogP contribution in [0.4, 0.5) is 5.69 Å². The van der Waals surface area contributed by atoms with Gasteiger partial charge in [-0.3, -0.25) is 24.3 Å². The van der Waals surface area contributed by atoms with E-state index in [0.29, 0.717) is 19.0 Å². The van der Waals surface area contributed by atoms with Gasteiger partial charge in [-0.1, -0.05) is 30.3 Å². The lowest BCUT2D eigenvalue weighted by Crippen LogP contribution is -2.41. The van der Waals surface area contributed by atoms with Gasteiger partial charge in [-0.2, -0.15) is 0 Å². The Morgan fingerprint density at radius 1 is 1.12 bits per heavy atom. The molecule has 1 aromatic carbocycles. The highest BCUT2D eigenvalue weighted by molar-refractivity contribution is 5.76. The molecular weight excluding hydrogens is 334 g/mol. The van der Waals surface area contributed by atoms with Crippen molar-refractivity contribution in [3.8, 4) is 0 Å². The zero-order chi connectivity index (χ0) is 18.5. The van der Waals surface area contributed by atoms with Crippen molar-refractivity contribution in [1.29, 1.82) is 0 Å². The molecule has 0 bridgehead atoms. The molecule has 0 unspecified atom stereocenters. The molecule has 0 aliphatic carbocycles. The lowest BCUT2D eigenvalue weighted by molar-refractivity contribution is -0.385. The Morgan fingerprint density at radius 3 is 2.46 bits per heavy atom. The molecule has 136 valence electrons. The van der Waals surface area contributed by atoms with Crippen molar-refractivity contribution in [2.75, 3.05) is 13.1 Å². The number of hydrogen-bond acceptors (Lipinski definition) is 4. The molecule has 7 heteroatoms. The normalized spacial score (nSPS) is 15.0. The third-order valence-corrected chi connectivity index (χ3v) is 4.82. The molecule has 0 spiro atoms. The first-order valence-electron chi connectivity index (χ1n) is 8.69. The van der Waals surface area contributed by atoms with Crippen molar-refractivity contribution in [3.63, 3.8) is 0 Å². The Labute approximate surface area is 151 Å². The number of amides is 1. The van der Waals surface area contributed by atoms with Crippen LogP contribution in [0.25, 0.3) is 0 Å². The summed E-state index contributed by atoms with van der Waals surface area (Å²) in [6.45, 7) is 1.14. The summed E-state index contributed by atoms with van der Waals surface area (Å²) in [4.78, 5) is 36.3. The van der Waals surface area contributed by atoms with E-state index >= 15 is 0 Å². The van der Waals surface area contributed by atoms with Gasteiger partial charge < -0.3 is 4.90 Å². The largest absolute Gasteiger partial charge is 0.341 e. The summed E-state index contributed by atoms with van der Waals surface area (Å²) in [5.41, 5.74) is 0.697. The molecule has 0 atom stereocenters. The van der Waals surface area contributed by atoms with E-state index in [1.165, 1.54) is 5.56 Å². The number of aromatic nitrogens is 1. The second-order valence-corrected chi connectivity index (χ2v) is 6.62. The Morgan fingerprint density at radius 2 is 1.81 bits per heavy atom. The Kier molecular flexibility index (Phi) is 5.46. The number of nitro groups is 1. The summed E-state index contributed by atoms with van der Waals surface area (Å²) in [5.74, 6) is 0.368. The molecule has 0 saturated carbocycles. The molecule has 1 aliphatic rings. The number of hydrogen-bond donors (Lipinski definition) is 0. The van der Waals surface area contributed by atoms with Gasteiger partial charge >= 0.3 is 0 Å². The minimum Gasteiger partial charge on any atom is -0.341 e. The maximum atomic E-state index is 12.5. The van der Waals surface area contributed by atoms with Crippen LogP contribution in [0.1, 0.15) is 18.4 Å². The maximum Gasteiger partial charge on any atom is 0.285 e. The summed E-state index contributed by atoms with van der Waals surface area (Å²) in [6, 6.07) is 12.6. The molecule has 3 rings (SSSR count). The molecule has 1 amide bonds. The Hall–Kier alpha value is -2.96. The first kappa shape index (κ1) is 17.8. The second-order valence-electron chi connectivity index (χ2n) is 6.62. The van der Waals surface area contributed by atoms with Crippen molar-refractivity contribution in [2.24, 2.45) is 5.92 Å². The molecule has 26 heavy (non-hydrogen) atoms. The maximum absolute atomic E-state index is 12.5. The first-order valence-corrected chi connectivity index (χ1v) is 8.69. The molecule has 2 heterocycles. The molecule has 7 nitrogen and oxygen atoms in total. The molecule has 1 saturated heterocycles. The number of likely N-dealkylation sites (tertiary alicyclic amines) is 1. The van der Waals surface area contributed by atoms with Gasteiger partial charge in [0.05, 0.1) is 11.1 Å². The van der Waals surface area contributed by atoms with Gasteiger partial charge in [0, 0.05) is 25.2 Å². The summed E-state index contributed by atoms with van der Waals surface area (Å²) in [5, 5.41) is 10.8. The van der Waals surface area contributed by atoms with Gasteiger partial charge in [-0.25, -0.2) is 0 Å². The highest BCUT2D eigenvalue weighted by Crippen LogP contribution is 2.22. The predicted octanol–water partition coefficient (Wildman–Crippen LogP) is 2.24. The summed E-state index contributed by atoms with van der Waals surface area (Å²) in [7, 11) is 0. The third kappa shape index (κ3) is 4.36. The van der Waals surface area contributed by atoms with Crippen LogP contribution in [0.15, 0.2) is 53.5 Å². The van der Waals surface area contributed by atoms with E-state index in [2.05, 4.69) is 12.1 Å². The van der Waals surface area contributed by atoms with E-state index in [1.807, 2.05) is 18.2 Å². The number of carbonyl (C=O) groups is 1. The third-order valence-electron chi connectivity index (χ3n) is 4.82. The number of nitrogens with zero attached hydrogens (tertiary/aromatic N) is 3. The smallest absolute Gasteiger partial charge is 0.285 e. The van der Waals surface area contributed by atoms with E-state index in [-0.39, 0.29) is 18.1 Å². The predicted molar refractivity (Wildman–Crippen MR) is 96.8 cm³/mol. The zero-order valence-corrected chi connectivity index (χ0v) is 14.4. The quantitative estimate of drug-likeness (QED) is 0.608. The average Bonchev–Trinajstić information content (AvgIpc) is 2.64. The van der Waals surface area contributed by atoms with Crippen LogP contribution < -0.4 is 5.56 Å². The van der Waals surface area contributed by atoms with Gasteiger partial charge in [0.15, 0.2) is 0 Å². The summed E-state index contributed by atoms with van der Waals surface area (Å²) >= 11 is 0. The topological polar surface area (TPSA) is 85.5 Å². The lowest BCUT2D eigenvalue weighted by atomic mass is 9.90. The molecule has 1 aromatic heterocycles. The average molecular weight is 355 g/mol. The highest BCUT2D eigenvalue weighted by atomic mass is 16.6. The molecule has 2 aromatic rings. The molecule has 1 aliphatic heterocycles. The molecular formula is C19H21N3O4. The number of benzene rings is 1. The van der Waals surface area contributed by atoms with Gasteiger partial charge in [0.2, 0.25) is 5.91 Å². The van der Waals surface area contributed by atoms with E-state index in [0.717, 1.165) is 42.2 Å². The van der Waals surface area contributed by atoms with Crippen LogP contribution >= 0.6 is 0 Å². The fourth-order valence-electron chi connectivity index (χ4n) is 3.33. The monoisotopic (exact) mass is 355 g/mol. The number of rotatable bonds is 5. The van der Waals surface area contributed by atoms with Crippen LogP contribution in [0.5, 0.6) is 0 Å². The first-order chi connectivity index (χ1) is 12.5. The minimum atomic E-state index is -0.574. The van der Waals surface area contributed by atoms with Crippen LogP contribution in [-0.2, 0) is 17.8 Å². The van der Waals surface area contributed by atoms with Gasteiger partial charge in [0.25, 0.3) is 11.2 Å². The highest BCUT2D eigenvalue weighted by Gasteiger charge is 2.23. The van der Waals surface area contributed by atoms with E-state index in [9.17, 15) is 19.7 Å². The zero-order valence-electron chi connectivity index (χ0n) is 14.4. The van der Waals surface area contributed by atoms with E-state index in [1.54, 1.807) is 4.90 Å². The van der Waals surface area contributed by atoms with Crippen LogP contribution in [0, 0.1) is 16.0 Å².